The Morgan fingerprint density at radius 2 is 2.43 bits per heavy atom. The predicted octanol–water partition coefficient (Wildman–Crippen LogP) is 3.01. The van der Waals surface area contributed by atoms with E-state index in [1.54, 1.807) is 11.3 Å². The van der Waals surface area contributed by atoms with Gasteiger partial charge in [-0.05, 0) is 38.3 Å². The smallest absolute Gasteiger partial charge is 0.310 e. The molecule has 0 aliphatic carbocycles. The van der Waals surface area contributed by atoms with Crippen LogP contribution in [-0.4, -0.2) is 34.0 Å². The summed E-state index contributed by atoms with van der Waals surface area (Å²) >= 11 is 1.60. The van der Waals surface area contributed by atoms with Crippen LogP contribution in [0.3, 0.4) is 0 Å². The first-order chi connectivity index (χ1) is 9.98. The highest BCUT2D eigenvalue weighted by atomic mass is 32.1. The van der Waals surface area contributed by atoms with Gasteiger partial charge in [-0.15, -0.1) is 11.3 Å². The molecule has 5 nitrogen and oxygen atoms in total. The summed E-state index contributed by atoms with van der Waals surface area (Å²) in [7, 11) is 0. The number of oxazole rings is 1. The molecule has 0 radical (unpaired) electrons. The summed E-state index contributed by atoms with van der Waals surface area (Å²) in [5.74, 6) is 0.737. The number of carboxylic acids is 1. The normalized spacial score (nSPS) is 22.8. The fourth-order valence-corrected chi connectivity index (χ4v) is 3.31. The summed E-state index contributed by atoms with van der Waals surface area (Å²) in [4.78, 5) is 19.0. The van der Waals surface area contributed by atoms with Gasteiger partial charge in [-0.3, -0.25) is 9.69 Å². The summed E-state index contributed by atoms with van der Waals surface area (Å²) in [6, 6.07) is 3.95. The van der Waals surface area contributed by atoms with E-state index in [2.05, 4.69) is 9.88 Å². The molecule has 1 atom stereocenters. The summed E-state index contributed by atoms with van der Waals surface area (Å²) in [5.41, 5.74) is 0.252. The van der Waals surface area contributed by atoms with Crippen LogP contribution < -0.4 is 0 Å². The molecule has 1 saturated heterocycles. The van der Waals surface area contributed by atoms with Crippen molar-refractivity contribution in [2.24, 2.45) is 5.41 Å². The first-order valence-electron chi connectivity index (χ1n) is 6.94. The molecule has 0 spiro atoms. The third-order valence-electron chi connectivity index (χ3n) is 4.07. The predicted molar refractivity (Wildman–Crippen MR) is 80.2 cm³/mol. The Hall–Kier alpha value is -1.66. The zero-order valence-corrected chi connectivity index (χ0v) is 12.9. The van der Waals surface area contributed by atoms with Crippen LogP contribution in [0, 0.1) is 12.3 Å². The quantitative estimate of drug-likeness (QED) is 0.940. The maximum atomic E-state index is 11.3. The van der Waals surface area contributed by atoms with Crippen LogP contribution in [0.15, 0.2) is 21.9 Å². The molecule has 0 aromatic carbocycles. The van der Waals surface area contributed by atoms with E-state index in [0.717, 1.165) is 22.9 Å². The van der Waals surface area contributed by atoms with Gasteiger partial charge in [-0.2, -0.15) is 0 Å². The number of hydrogen-bond acceptors (Lipinski definition) is 5. The molecule has 1 unspecified atom stereocenters. The fourth-order valence-electron chi connectivity index (χ4n) is 2.66. The molecule has 6 heteroatoms. The van der Waals surface area contributed by atoms with Crippen molar-refractivity contribution in [3.63, 3.8) is 0 Å². The van der Waals surface area contributed by atoms with E-state index in [1.165, 1.54) is 0 Å². The number of carboxylic acid groups (broad SMARTS) is 1. The van der Waals surface area contributed by atoms with Gasteiger partial charge in [0.15, 0.2) is 0 Å². The average molecular weight is 306 g/mol. The maximum Gasteiger partial charge on any atom is 0.310 e. The molecule has 1 aliphatic rings. The Labute approximate surface area is 127 Å². The zero-order chi connectivity index (χ0) is 15.0. The van der Waals surface area contributed by atoms with E-state index in [1.807, 2.05) is 31.4 Å². The lowest BCUT2D eigenvalue weighted by Crippen LogP contribution is -2.31. The van der Waals surface area contributed by atoms with Crippen molar-refractivity contribution >= 4 is 17.3 Å². The van der Waals surface area contributed by atoms with Gasteiger partial charge < -0.3 is 9.52 Å². The van der Waals surface area contributed by atoms with E-state index < -0.39 is 11.4 Å². The molecule has 112 valence electrons. The van der Waals surface area contributed by atoms with Crippen molar-refractivity contribution in [1.82, 2.24) is 9.88 Å². The van der Waals surface area contributed by atoms with Crippen LogP contribution >= 0.6 is 11.3 Å². The van der Waals surface area contributed by atoms with Gasteiger partial charge in [-0.25, -0.2) is 4.98 Å². The molecule has 0 saturated carbocycles. The van der Waals surface area contributed by atoms with Crippen LogP contribution in [0.1, 0.15) is 24.8 Å². The summed E-state index contributed by atoms with van der Waals surface area (Å²) in [6.07, 6.45) is 0.678. The topological polar surface area (TPSA) is 66.6 Å². The number of thiophene rings is 1. The first kappa shape index (κ1) is 14.3. The second-order valence-corrected chi connectivity index (χ2v) is 6.77. The van der Waals surface area contributed by atoms with Gasteiger partial charge in [-0.1, -0.05) is 6.07 Å². The van der Waals surface area contributed by atoms with E-state index in [-0.39, 0.29) is 0 Å². The van der Waals surface area contributed by atoms with Crippen LogP contribution in [0.2, 0.25) is 0 Å². The minimum atomic E-state index is -0.721. The van der Waals surface area contributed by atoms with E-state index in [4.69, 9.17) is 4.42 Å². The summed E-state index contributed by atoms with van der Waals surface area (Å²) in [6.45, 7) is 5.70. The lowest BCUT2D eigenvalue weighted by Gasteiger charge is -2.19. The number of aromatic nitrogens is 1. The van der Waals surface area contributed by atoms with Crippen molar-refractivity contribution in [2.75, 3.05) is 13.1 Å². The lowest BCUT2D eigenvalue weighted by atomic mass is 9.90. The molecule has 3 heterocycles. The van der Waals surface area contributed by atoms with Gasteiger partial charge in [0.05, 0.1) is 16.0 Å². The molecule has 2 aromatic heterocycles. The number of hydrogen-bond donors (Lipinski definition) is 1. The Morgan fingerprint density at radius 1 is 1.62 bits per heavy atom. The highest BCUT2D eigenvalue weighted by Gasteiger charge is 2.40. The molecule has 2 aromatic rings. The van der Waals surface area contributed by atoms with Gasteiger partial charge in [0.25, 0.3) is 0 Å². The second kappa shape index (κ2) is 5.27. The van der Waals surface area contributed by atoms with Gasteiger partial charge in [0.2, 0.25) is 5.89 Å². The number of carbonyl (C=O) groups is 1. The number of likely N-dealkylation sites (tertiary alicyclic amines) is 1. The van der Waals surface area contributed by atoms with E-state index in [0.29, 0.717) is 25.4 Å². The maximum absolute atomic E-state index is 11.3. The van der Waals surface area contributed by atoms with Gasteiger partial charge in [0, 0.05) is 13.1 Å². The summed E-state index contributed by atoms with van der Waals surface area (Å²) < 4.78 is 5.73. The Morgan fingerprint density at radius 3 is 3.05 bits per heavy atom. The molecule has 0 amide bonds. The largest absolute Gasteiger partial charge is 0.481 e. The Kier molecular flexibility index (Phi) is 3.59. The Bertz CT molecular complexity index is 650. The van der Waals surface area contributed by atoms with E-state index in [9.17, 15) is 9.90 Å². The van der Waals surface area contributed by atoms with Crippen molar-refractivity contribution < 1.29 is 14.3 Å². The van der Waals surface area contributed by atoms with Crippen molar-refractivity contribution in [3.05, 3.63) is 29.0 Å². The molecule has 0 bridgehead atoms. The van der Waals surface area contributed by atoms with Crippen molar-refractivity contribution in [3.8, 4) is 10.8 Å². The lowest BCUT2D eigenvalue weighted by molar-refractivity contribution is -0.147. The molecule has 1 N–H and O–H groups in total. The van der Waals surface area contributed by atoms with Crippen LogP contribution in [-0.2, 0) is 11.3 Å². The average Bonchev–Trinajstić information content (AvgIpc) is 3.12. The molecule has 3 rings (SSSR count). The molecule has 1 aliphatic heterocycles. The monoisotopic (exact) mass is 306 g/mol. The molecule has 1 fully saturated rings. The van der Waals surface area contributed by atoms with E-state index >= 15 is 0 Å². The zero-order valence-electron chi connectivity index (χ0n) is 12.1. The molecule has 21 heavy (non-hydrogen) atoms. The minimum absolute atomic E-state index is 0.559. The van der Waals surface area contributed by atoms with Crippen LogP contribution in [0.4, 0.5) is 0 Å². The first-order valence-corrected chi connectivity index (χ1v) is 7.82. The van der Waals surface area contributed by atoms with Crippen LogP contribution in [0.5, 0.6) is 0 Å². The SMILES string of the molecule is Cc1oc(-c2cccs2)nc1CN1CCC(C)(C(=O)O)C1. The molecular formula is C15H18N2O3S. The van der Waals surface area contributed by atoms with Gasteiger partial charge in [0.1, 0.15) is 5.76 Å². The third-order valence-corrected chi connectivity index (χ3v) is 4.92. The summed E-state index contributed by atoms with van der Waals surface area (Å²) in [5, 5.41) is 11.3. The Balaban J connectivity index is 1.73. The number of nitrogens with zero attached hydrogens (tertiary/aromatic N) is 2. The third kappa shape index (κ3) is 2.73. The number of rotatable bonds is 4. The molecular weight excluding hydrogens is 288 g/mol. The van der Waals surface area contributed by atoms with Crippen molar-refractivity contribution in [2.45, 2.75) is 26.8 Å². The fraction of sp³-hybridized carbons (Fsp3) is 0.467. The van der Waals surface area contributed by atoms with Crippen LogP contribution in [0.25, 0.3) is 10.8 Å². The van der Waals surface area contributed by atoms with Gasteiger partial charge >= 0.3 is 5.97 Å². The second-order valence-electron chi connectivity index (χ2n) is 5.83. The number of aryl methyl sites for hydroxylation is 1. The highest BCUT2D eigenvalue weighted by Crippen LogP contribution is 2.32. The minimum Gasteiger partial charge on any atom is -0.481 e. The standard InChI is InChI=1S/C15H18N2O3S/c1-10-11(16-13(20-10)12-4-3-7-21-12)8-17-6-5-15(2,9-17)14(18)19/h3-4,7H,5-6,8-9H2,1-2H3,(H,18,19). The van der Waals surface area contributed by atoms with Crippen molar-refractivity contribution in [1.29, 1.82) is 0 Å². The number of aliphatic carboxylic acids is 1. The highest BCUT2D eigenvalue weighted by molar-refractivity contribution is 7.13.